The number of Topliss-reactive ketones (excluding diaryl/α,β-unsaturated/α-hetero) is 1. The molecule has 6 nitrogen and oxygen atoms in total. The molecule has 122 valence electrons. The van der Waals surface area contributed by atoms with Gasteiger partial charge in [-0.05, 0) is 6.92 Å². The van der Waals surface area contributed by atoms with Crippen molar-refractivity contribution in [2.24, 2.45) is 0 Å². The molecule has 2 rings (SSSR count). The Morgan fingerprint density at radius 3 is 2.68 bits per heavy atom. The van der Waals surface area contributed by atoms with E-state index in [1.165, 1.54) is 7.11 Å². The van der Waals surface area contributed by atoms with Crippen LogP contribution in [0.15, 0.2) is 30.3 Å². The summed E-state index contributed by atoms with van der Waals surface area (Å²) < 4.78 is 37.5. The zero-order valence-electron chi connectivity index (χ0n) is 12.7. The van der Waals surface area contributed by atoms with Gasteiger partial charge in [-0.15, -0.1) is 0 Å². The van der Waals surface area contributed by atoms with Gasteiger partial charge in [0.1, 0.15) is 11.4 Å². The van der Waals surface area contributed by atoms with Crippen LogP contribution in [0.4, 0.5) is 0 Å². The minimum absolute atomic E-state index is 0.0956. The molecule has 1 aromatic rings. The molecule has 0 aliphatic carbocycles. The molecule has 3 unspecified atom stereocenters. The van der Waals surface area contributed by atoms with E-state index in [1.54, 1.807) is 31.2 Å². The van der Waals surface area contributed by atoms with Crippen LogP contribution in [0.1, 0.15) is 23.7 Å². The van der Waals surface area contributed by atoms with E-state index in [9.17, 15) is 13.2 Å². The minimum Gasteiger partial charge on any atom is -0.378 e. The summed E-state index contributed by atoms with van der Waals surface area (Å²) >= 11 is 0. The smallest absolute Gasteiger partial charge is 0.219 e. The lowest BCUT2D eigenvalue weighted by atomic mass is 10.1. The molecule has 0 bridgehead atoms. The van der Waals surface area contributed by atoms with E-state index in [-0.39, 0.29) is 25.4 Å². The minimum atomic E-state index is -3.60. The lowest BCUT2D eigenvalue weighted by Gasteiger charge is -2.20. The molecule has 0 radical (unpaired) electrons. The first-order valence-corrected chi connectivity index (χ1v) is 8.68. The predicted octanol–water partition coefficient (Wildman–Crippen LogP) is 0.981. The summed E-state index contributed by atoms with van der Waals surface area (Å²) in [4.78, 5) is 12.1. The molecular weight excluding hydrogens is 306 g/mol. The number of ketones is 1. The number of methoxy groups -OCH3 is 1. The lowest BCUT2D eigenvalue weighted by molar-refractivity contribution is 0.0828. The number of ether oxygens (including phenoxy) is 2. The number of hydrogen-bond donors (Lipinski definition) is 1. The topological polar surface area (TPSA) is 81.7 Å². The van der Waals surface area contributed by atoms with Gasteiger partial charge in [0.15, 0.2) is 5.78 Å². The van der Waals surface area contributed by atoms with Crippen LogP contribution in [0.5, 0.6) is 0 Å². The second kappa shape index (κ2) is 7.32. The highest BCUT2D eigenvalue weighted by molar-refractivity contribution is 7.90. The molecule has 0 saturated carbocycles. The van der Waals surface area contributed by atoms with Crippen molar-refractivity contribution in [3.05, 3.63) is 35.9 Å². The van der Waals surface area contributed by atoms with Gasteiger partial charge in [0.05, 0.1) is 13.2 Å². The largest absolute Gasteiger partial charge is 0.378 e. The van der Waals surface area contributed by atoms with Crippen molar-refractivity contribution in [3.8, 4) is 0 Å². The summed E-state index contributed by atoms with van der Waals surface area (Å²) in [5, 5.41) is -0.744. The zero-order valence-corrected chi connectivity index (χ0v) is 13.5. The van der Waals surface area contributed by atoms with Crippen LogP contribution in [0.25, 0.3) is 0 Å². The van der Waals surface area contributed by atoms with Crippen molar-refractivity contribution in [1.82, 2.24) is 4.72 Å². The van der Waals surface area contributed by atoms with Crippen molar-refractivity contribution in [3.63, 3.8) is 0 Å². The number of benzene rings is 1. The Morgan fingerprint density at radius 1 is 1.36 bits per heavy atom. The number of carbonyl (C=O) groups is 1. The predicted molar refractivity (Wildman–Crippen MR) is 82.3 cm³/mol. The molecule has 1 saturated heterocycles. The summed E-state index contributed by atoms with van der Waals surface area (Å²) in [6, 6.07) is 8.33. The quantitative estimate of drug-likeness (QED) is 0.755. The van der Waals surface area contributed by atoms with Crippen LogP contribution in [-0.2, 0) is 19.5 Å². The van der Waals surface area contributed by atoms with Crippen LogP contribution in [0, 0.1) is 0 Å². The summed E-state index contributed by atoms with van der Waals surface area (Å²) in [6.45, 7) is 2.04. The van der Waals surface area contributed by atoms with Crippen molar-refractivity contribution in [1.29, 1.82) is 0 Å². The Bertz CT molecular complexity index is 602. The molecule has 1 aliphatic heterocycles. The highest BCUT2D eigenvalue weighted by Gasteiger charge is 2.39. The molecule has 22 heavy (non-hydrogen) atoms. The fourth-order valence-corrected chi connectivity index (χ4v) is 4.14. The van der Waals surface area contributed by atoms with E-state index >= 15 is 0 Å². The molecule has 0 aromatic heterocycles. The second-order valence-corrected chi connectivity index (χ2v) is 7.34. The van der Waals surface area contributed by atoms with Gasteiger partial charge in [0, 0.05) is 25.1 Å². The summed E-state index contributed by atoms with van der Waals surface area (Å²) in [5.74, 6) is -0.0956. The van der Waals surface area contributed by atoms with Gasteiger partial charge in [-0.25, -0.2) is 13.1 Å². The molecule has 3 atom stereocenters. The van der Waals surface area contributed by atoms with Crippen LogP contribution >= 0.6 is 0 Å². The fraction of sp³-hybridized carbons (Fsp3) is 0.533. The summed E-state index contributed by atoms with van der Waals surface area (Å²) in [5.41, 5.74) is 0.576. The monoisotopic (exact) mass is 327 g/mol. The summed E-state index contributed by atoms with van der Waals surface area (Å²) in [6.07, 6.45) is -0.372. The number of sulfonamides is 1. The van der Waals surface area contributed by atoms with E-state index < -0.39 is 27.4 Å². The molecule has 1 heterocycles. The first-order chi connectivity index (χ1) is 10.4. The Labute approximate surface area is 130 Å². The average molecular weight is 327 g/mol. The number of hydrogen-bond acceptors (Lipinski definition) is 5. The van der Waals surface area contributed by atoms with Gasteiger partial charge in [0.25, 0.3) is 0 Å². The Kier molecular flexibility index (Phi) is 5.69. The average Bonchev–Trinajstić information content (AvgIpc) is 2.97. The SMILES string of the molecule is COC1COCC1S(=O)(=O)NC(C)CC(=O)c1ccccc1. The third-order valence-corrected chi connectivity index (χ3v) is 5.60. The first kappa shape index (κ1) is 17.1. The molecule has 0 amide bonds. The highest BCUT2D eigenvalue weighted by Crippen LogP contribution is 2.17. The van der Waals surface area contributed by atoms with E-state index in [2.05, 4.69) is 4.72 Å². The maximum atomic E-state index is 12.3. The van der Waals surface area contributed by atoms with E-state index in [0.717, 1.165) is 0 Å². The molecule has 1 fully saturated rings. The molecule has 1 aliphatic rings. The van der Waals surface area contributed by atoms with Gasteiger partial charge < -0.3 is 9.47 Å². The van der Waals surface area contributed by atoms with Crippen molar-refractivity contribution in [2.75, 3.05) is 20.3 Å². The van der Waals surface area contributed by atoms with Crippen molar-refractivity contribution >= 4 is 15.8 Å². The third kappa shape index (κ3) is 4.13. The Balaban J connectivity index is 1.96. The third-order valence-electron chi connectivity index (χ3n) is 3.63. The lowest BCUT2D eigenvalue weighted by Crippen LogP contribution is -2.45. The maximum absolute atomic E-state index is 12.3. The highest BCUT2D eigenvalue weighted by atomic mass is 32.2. The number of rotatable bonds is 7. The van der Waals surface area contributed by atoms with E-state index in [1.807, 2.05) is 6.07 Å². The van der Waals surface area contributed by atoms with Crippen LogP contribution in [0.3, 0.4) is 0 Å². The summed E-state index contributed by atoms with van der Waals surface area (Å²) in [7, 11) is -2.14. The van der Waals surface area contributed by atoms with Gasteiger partial charge in [0.2, 0.25) is 10.0 Å². The van der Waals surface area contributed by atoms with E-state index in [0.29, 0.717) is 5.56 Å². The molecule has 1 aromatic carbocycles. The van der Waals surface area contributed by atoms with Gasteiger partial charge in [-0.1, -0.05) is 30.3 Å². The van der Waals surface area contributed by atoms with Gasteiger partial charge in [-0.3, -0.25) is 4.79 Å². The van der Waals surface area contributed by atoms with Gasteiger partial charge >= 0.3 is 0 Å². The maximum Gasteiger partial charge on any atom is 0.219 e. The van der Waals surface area contributed by atoms with E-state index in [4.69, 9.17) is 9.47 Å². The molecule has 0 spiro atoms. The number of nitrogens with one attached hydrogen (secondary N) is 1. The second-order valence-electron chi connectivity index (χ2n) is 5.41. The molecular formula is C15H21NO5S. The normalized spacial score (nSPS) is 23.4. The van der Waals surface area contributed by atoms with Crippen LogP contribution in [-0.4, -0.2) is 51.9 Å². The fourth-order valence-electron chi connectivity index (χ4n) is 2.45. The standard InChI is InChI=1S/C15H21NO5S/c1-11(8-13(17)12-6-4-3-5-7-12)16-22(18,19)15-10-21-9-14(15)20-2/h3-7,11,14-16H,8-10H2,1-2H3. The van der Waals surface area contributed by atoms with Crippen LogP contribution < -0.4 is 4.72 Å². The Morgan fingerprint density at radius 2 is 2.05 bits per heavy atom. The first-order valence-electron chi connectivity index (χ1n) is 7.14. The van der Waals surface area contributed by atoms with Gasteiger partial charge in [-0.2, -0.15) is 0 Å². The molecule has 1 N–H and O–H groups in total. The molecule has 7 heteroatoms. The number of carbonyl (C=O) groups excluding carboxylic acids is 1. The van der Waals surface area contributed by atoms with Crippen molar-refractivity contribution in [2.45, 2.75) is 30.7 Å². The Hall–Kier alpha value is -1.28. The zero-order chi connectivity index (χ0) is 16.2. The van der Waals surface area contributed by atoms with Crippen molar-refractivity contribution < 1.29 is 22.7 Å². The van der Waals surface area contributed by atoms with Crippen LogP contribution in [0.2, 0.25) is 0 Å².